The van der Waals surface area contributed by atoms with E-state index in [1.807, 2.05) is 37.8 Å². The largest absolute Gasteiger partial charge is 0.573 e. The predicted molar refractivity (Wildman–Crippen MR) is 143 cm³/mol. The van der Waals surface area contributed by atoms with Crippen LogP contribution in [-0.2, 0) is 4.79 Å². The molecule has 0 bridgehead atoms. The third kappa shape index (κ3) is 7.31. The molecule has 206 valence electrons. The smallest absolute Gasteiger partial charge is 0.490 e. The van der Waals surface area contributed by atoms with Gasteiger partial charge < -0.3 is 19.7 Å². The second-order valence-corrected chi connectivity index (χ2v) is 9.85. The van der Waals surface area contributed by atoms with Crippen molar-refractivity contribution in [2.45, 2.75) is 46.1 Å². The minimum absolute atomic E-state index is 0.0279. The highest BCUT2D eigenvalue weighted by molar-refractivity contribution is 6.09. The van der Waals surface area contributed by atoms with Crippen LogP contribution in [0.4, 0.5) is 18.9 Å². The fourth-order valence-corrected chi connectivity index (χ4v) is 4.66. The monoisotopic (exact) mass is 540 g/mol. The first-order chi connectivity index (χ1) is 18.5. The molecule has 0 saturated carbocycles. The van der Waals surface area contributed by atoms with E-state index < -0.39 is 6.36 Å². The van der Waals surface area contributed by atoms with Gasteiger partial charge in [-0.1, -0.05) is 44.2 Å². The highest BCUT2D eigenvalue weighted by Crippen LogP contribution is 2.32. The number of ether oxygens (including phenoxy) is 2. The van der Waals surface area contributed by atoms with E-state index in [0.717, 1.165) is 18.4 Å². The summed E-state index contributed by atoms with van der Waals surface area (Å²) in [6, 6.07) is 17.8. The molecule has 2 amide bonds. The maximum Gasteiger partial charge on any atom is 0.573 e. The summed E-state index contributed by atoms with van der Waals surface area (Å²) in [5.41, 5.74) is 2.93. The van der Waals surface area contributed by atoms with Crippen LogP contribution in [0.2, 0.25) is 0 Å². The van der Waals surface area contributed by atoms with Crippen molar-refractivity contribution >= 4 is 17.5 Å². The van der Waals surface area contributed by atoms with Gasteiger partial charge in [0.2, 0.25) is 5.91 Å². The zero-order valence-corrected chi connectivity index (χ0v) is 22.0. The van der Waals surface area contributed by atoms with E-state index in [-0.39, 0.29) is 29.6 Å². The molecule has 1 N–H and O–H groups in total. The van der Waals surface area contributed by atoms with Gasteiger partial charge in [-0.3, -0.25) is 9.59 Å². The maximum absolute atomic E-state index is 13.3. The molecule has 0 spiro atoms. The minimum atomic E-state index is -4.78. The number of rotatable bonds is 7. The minimum Gasteiger partial charge on any atom is -0.490 e. The number of benzene rings is 3. The molecular formula is C30H31F3N2O4. The lowest BCUT2D eigenvalue weighted by atomic mass is 9.94. The Hall–Kier alpha value is -4.01. The van der Waals surface area contributed by atoms with Crippen LogP contribution < -0.4 is 14.8 Å². The highest BCUT2D eigenvalue weighted by atomic mass is 19.4. The summed E-state index contributed by atoms with van der Waals surface area (Å²) in [7, 11) is 0. The van der Waals surface area contributed by atoms with Gasteiger partial charge in [-0.2, -0.15) is 0 Å². The van der Waals surface area contributed by atoms with Crippen molar-refractivity contribution in [3.05, 3.63) is 77.9 Å². The molecule has 1 aliphatic rings. The summed E-state index contributed by atoms with van der Waals surface area (Å²) < 4.78 is 47.7. The summed E-state index contributed by atoms with van der Waals surface area (Å²) in [6.07, 6.45) is -3.35. The van der Waals surface area contributed by atoms with Crippen LogP contribution in [0.1, 0.15) is 42.6 Å². The number of aryl methyl sites for hydroxylation is 1. The zero-order valence-electron chi connectivity index (χ0n) is 22.0. The second kappa shape index (κ2) is 11.8. The van der Waals surface area contributed by atoms with Crippen LogP contribution >= 0.6 is 0 Å². The van der Waals surface area contributed by atoms with Crippen molar-refractivity contribution in [3.8, 4) is 22.6 Å². The highest BCUT2D eigenvalue weighted by Gasteiger charge is 2.31. The SMILES string of the molecule is Cc1cccc(C(=O)Nc2cccc(OC3CCN(C(=O)C(C)C)CC3)c2)c1-c1ccc(OC(F)(F)F)cc1. The van der Waals surface area contributed by atoms with Gasteiger partial charge in [0.1, 0.15) is 17.6 Å². The Morgan fingerprint density at radius 2 is 1.62 bits per heavy atom. The van der Waals surface area contributed by atoms with E-state index in [4.69, 9.17) is 4.74 Å². The van der Waals surface area contributed by atoms with Gasteiger partial charge in [0, 0.05) is 49.2 Å². The first-order valence-corrected chi connectivity index (χ1v) is 12.8. The van der Waals surface area contributed by atoms with E-state index in [2.05, 4.69) is 10.1 Å². The molecule has 1 heterocycles. The molecular weight excluding hydrogens is 509 g/mol. The van der Waals surface area contributed by atoms with Gasteiger partial charge in [-0.15, -0.1) is 13.2 Å². The van der Waals surface area contributed by atoms with Crippen molar-refractivity contribution in [2.24, 2.45) is 5.92 Å². The maximum atomic E-state index is 13.3. The topological polar surface area (TPSA) is 67.9 Å². The van der Waals surface area contributed by atoms with Crippen LogP contribution in [-0.4, -0.2) is 42.3 Å². The van der Waals surface area contributed by atoms with E-state index in [1.54, 1.807) is 30.3 Å². The number of halogens is 3. The zero-order chi connectivity index (χ0) is 28.2. The van der Waals surface area contributed by atoms with Crippen molar-refractivity contribution in [2.75, 3.05) is 18.4 Å². The number of nitrogens with zero attached hydrogens (tertiary/aromatic N) is 1. The molecule has 0 radical (unpaired) electrons. The lowest BCUT2D eigenvalue weighted by Gasteiger charge is -2.33. The number of nitrogens with one attached hydrogen (secondary N) is 1. The molecule has 9 heteroatoms. The van der Waals surface area contributed by atoms with Crippen molar-refractivity contribution in [1.29, 1.82) is 0 Å². The molecule has 1 aliphatic heterocycles. The average molecular weight is 541 g/mol. The van der Waals surface area contributed by atoms with Crippen LogP contribution in [0.25, 0.3) is 11.1 Å². The summed E-state index contributed by atoms with van der Waals surface area (Å²) in [5.74, 6) is 0.0479. The standard InChI is InChI=1S/C30H31F3N2O4/c1-19(2)29(37)35-16-14-23(15-17-35)38-25-8-5-7-22(18-25)34-28(36)26-9-4-6-20(3)27(26)21-10-12-24(13-11-21)39-30(31,32)33/h4-13,18-19,23H,14-17H2,1-3H3,(H,34,36). The number of carbonyl (C=O) groups is 2. The molecule has 0 aliphatic carbocycles. The van der Waals surface area contributed by atoms with E-state index >= 15 is 0 Å². The number of likely N-dealkylation sites (tertiary alicyclic amines) is 1. The Morgan fingerprint density at radius 1 is 0.949 bits per heavy atom. The first-order valence-electron chi connectivity index (χ1n) is 12.8. The number of alkyl halides is 3. The van der Waals surface area contributed by atoms with Crippen molar-refractivity contribution in [3.63, 3.8) is 0 Å². The molecule has 6 nitrogen and oxygen atoms in total. The van der Waals surface area contributed by atoms with Crippen LogP contribution in [0, 0.1) is 12.8 Å². The lowest BCUT2D eigenvalue weighted by Crippen LogP contribution is -2.43. The summed E-state index contributed by atoms with van der Waals surface area (Å²) in [5, 5.41) is 2.90. The molecule has 0 atom stereocenters. The normalized spacial score (nSPS) is 14.3. The predicted octanol–water partition coefficient (Wildman–Crippen LogP) is 6.84. The first kappa shape index (κ1) is 28.0. The molecule has 0 unspecified atom stereocenters. The van der Waals surface area contributed by atoms with Gasteiger partial charge in [0.15, 0.2) is 0 Å². The molecule has 4 rings (SSSR count). The average Bonchev–Trinajstić information content (AvgIpc) is 2.88. The Kier molecular flexibility index (Phi) is 8.47. The number of hydrogen-bond donors (Lipinski definition) is 1. The quantitative estimate of drug-likeness (QED) is 0.356. The lowest BCUT2D eigenvalue weighted by molar-refractivity contribution is -0.274. The van der Waals surface area contributed by atoms with E-state index in [0.29, 0.717) is 41.2 Å². The van der Waals surface area contributed by atoms with Crippen molar-refractivity contribution < 1.29 is 32.2 Å². The molecule has 0 aromatic heterocycles. The fraction of sp³-hybridized carbons (Fsp3) is 0.333. The summed E-state index contributed by atoms with van der Waals surface area (Å²) in [4.78, 5) is 27.4. The van der Waals surface area contributed by atoms with Crippen LogP contribution in [0.3, 0.4) is 0 Å². The second-order valence-electron chi connectivity index (χ2n) is 9.85. The molecule has 3 aromatic rings. The molecule has 1 saturated heterocycles. The van der Waals surface area contributed by atoms with Gasteiger partial charge >= 0.3 is 6.36 Å². The van der Waals surface area contributed by atoms with Crippen molar-refractivity contribution in [1.82, 2.24) is 4.90 Å². The molecule has 3 aromatic carbocycles. The number of anilines is 1. The Labute approximate surface area is 225 Å². The fourth-order valence-electron chi connectivity index (χ4n) is 4.66. The third-order valence-corrected chi connectivity index (χ3v) is 6.54. The van der Waals surface area contributed by atoms with Gasteiger partial charge in [0.25, 0.3) is 5.91 Å². The van der Waals surface area contributed by atoms with Crippen LogP contribution in [0.5, 0.6) is 11.5 Å². The number of carbonyl (C=O) groups excluding carboxylic acids is 2. The Bertz CT molecular complexity index is 1310. The Balaban J connectivity index is 1.45. The van der Waals surface area contributed by atoms with E-state index in [9.17, 15) is 22.8 Å². The third-order valence-electron chi connectivity index (χ3n) is 6.54. The number of hydrogen-bond acceptors (Lipinski definition) is 4. The van der Waals surface area contributed by atoms with Gasteiger partial charge in [-0.05, 0) is 53.9 Å². The molecule has 39 heavy (non-hydrogen) atoms. The van der Waals surface area contributed by atoms with E-state index in [1.165, 1.54) is 24.3 Å². The van der Waals surface area contributed by atoms with Gasteiger partial charge in [0.05, 0.1) is 0 Å². The number of amides is 2. The van der Waals surface area contributed by atoms with Crippen LogP contribution in [0.15, 0.2) is 66.7 Å². The summed E-state index contributed by atoms with van der Waals surface area (Å²) >= 11 is 0. The summed E-state index contributed by atoms with van der Waals surface area (Å²) in [6.45, 7) is 6.93. The number of piperidine rings is 1. The van der Waals surface area contributed by atoms with Gasteiger partial charge in [-0.25, -0.2) is 0 Å². The molecule has 1 fully saturated rings. The Morgan fingerprint density at radius 3 is 2.26 bits per heavy atom.